The number of rotatable bonds is 3. The summed E-state index contributed by atoms with van der Waals surface area (Å²) in [5, 5.41) is 0. The van der Waals surface area contributed by atoms with E-state index in [1.54, 1.807) is 0 Å². The minimum Gasteiger partial charge on any atom is -0.271 e. The van der Waals surface area contributed by atoms with Gasteiger partial charge in [0.2, 0.25) is 0 Å². The molecule has 0 aromatic heterocycles. The SMILES string of the molecule is CC1CC(C)CC(C(NN)C2CCCCCCC2)C1. The maximum Gasteiger partial charge on any atom is 0.0267 e. The summed E-state index contributed by atoms with van der Waals surface area (Å²) in [6, 6.07) is 0.572. The van der Waals surface area contributed by atoms with E-state index in [1.165, 1.54) is 64.2 Å². The van der Waals surface area contributed by atoms with Crippen LogP contribution in [0.15, 0.2) is 0 Å². The van der Waals surface area contributed by atoms with Crippen LogP contribution in [0.2, 0.25) is 0 Å². The first kappa shape index (κ1) is 15.3. The highest BCUT2D eigenvalue weighted by molar-refractivity contribution is 4.87. The molecule has 2 nitrogen and oxygen atoms in total. The molecule has 0 radical (unpaired) electrons. The second-order valence-electron chi connectivity index (χ2n) is 7.48. The van der Waals surface area contributed by atoms with E-state index in [9.17, 15) is 0 Å². The summed E-state index contributed by atoms with van der Waals surface area (Å²) >= 11 is 0. The highest BCUT2D eigenvalue weighted by atomic mass is 15.2. The van der Waals surface area contributed by atoms with Crippen LogP contribution in [0.1, 0.15) is 78.1 Å². The van der Waals surface area contributed by atoms with Gasteiger partial charge < -0.3 is 0 Å². The van der Waals surface area contributed by atoms with Crippen molar-refractivity contribution in [2.24, 2.45) is 29.5 Å². The maximum absolute atomic E-state index is 5.97. The highest BCUT2D eigenvalue weighted by Gasteiger charge is 2.33. The van der Waals surface area contributed by atoms with Crippen LogP contribution in [0.5, 0.6) is 0 Å². The predicted octanol–water partition coefficient (Wildman–Crippen LogP) is 4.25. The predicted molar refractivity (Wildman–Crippen MR) is 82.6 cm³/mol. The van der Waals surface area contributed by atoms with Crippen LogP contribution < -0.4 is 11.3 Å². The van der Waals surface area contributed by atoms with Crippen molar-refractivity contribution in [3.8, 4) is 0 Å². The fourth-order valence-corrected chi connectivity index (χ4v) is 4.81. The second-order valence-corrected chi connectivity index (χ2v) is 7.48. The van der Waals surface area contributed by atoms with Gasteiger partial charge >= 0.3 is 0 Å². The average molecular weight is 266 g/mol. The Morgan fingerprint density at radius 2 is 1.32 bits per heavy atom. The molecule has 2 saturated carbocycles. The van der Waals surface area contributed by atoms with E-state index >= 15 is 0 Å². The molecular formula is C17H34N2. The van der Waals surface area contributed by atoms with E-state index in [4.69, 9.17) is 5.84 Å². The third kappa shape index (κ3) is 4.46. The first-order valence-electron chi connectivity index (χ1n) is 8.66. The fraction of sp³-hybridized carbons (Fsp3) is 1.00. The van der Waals surface area contributed by atoms with Gasteiger partial charge in [-0.05, 0) is 55.8 Å². The van der Waals surface area contributed by atoms with Gasteiger partial charge in [0.1, 0.15) is 0 Å². The molecular weight excluding hydrogens is 232 g/mol. The largest absolute Gasteiger partial charge is 0.271 e. The molecule has 0 saturated heterocycles. The second kappa shape index (κ2) is 7.64. The van der Waals surface area contributed by atoms with E-state index in [1.807, 2.05) is 0 Å². The van der Waals surface area contributed by atoms with Crippen LogP contribution in [0.25, 0.3) is 0 Å². The quantitative estimate of drug-likeness (QED) is 0.592. The smallest absolute Gasteiger partial charge is 0.0267 e. The Bertz CT molecular complexity index is 236. The molecule has 2 aliphatic rings. The lowest BCUT2D eigenvalue weighted by molar-refractivity contribution is 0.130. The first-order valence-corrected chi connectivity index (χ1v) is 8.66. The van der Waals surface area contributed by atoms with Gasteiger partial charge in [-0.2, -0.15) is 0 Å². The number of hydrazine groups is 1. The Hall–Kier alpha value is -0.0800. The molecule has 3 N–H and O–H groups in total. The van der Waals surface area contributed by atoms with Gasteiger partial charge in [0, 0.05) is 6.04 Å². The van der Waals surface area contributed by atoms with Crippen molar-refractivity contribution < 1.29 is 0 Å². The van der Waals surface area contributed by atoms with E-state index in [2.05, 4.69) is 19.3 Å². The third-order valence-electron chi connectivity index (χ3n) is 5.57. The van der Waals surface area contributed by atoms with Gasteiger partial charge in [-0.3, -0.25) is 11.3 Å². The van der Waals surface area contributed by atoms with Crippen LogP contribution >= 0.6 is 0 Å². The van der Waals surface area contributed by atoms with Crippen LogP contribution in [0.3, 0.4) is 0 Å². The van der Waals surface area contributed by atoms with Crippen LogP contribution in [0, 0.1) is 23.7 Å². The topological polar surface area (TPSA) is 38.0 Å². The van der Waals surface area contributed by atoms with Crippen molar-refractivity contribution >= 4 is 0 Å². The normalized spacial score (nSPS) is 36.5. The number of hydrogen-bond acceptors (Lipinski definition) is 2. The molecule has 0 bridgehead atoms. The summed E-state index contributed by atoms with van der Waals surface area (Å²) in [6.07, 6.45) is 14.1. The van der Waals surface area contributed by atoms with Gasteiger partial charge in [-0.1, -0.05) is 46.0 Å². The molecule has 2 heteroatoms. The van der Waals surface area contributed by atoms with Crippen LogP contribution in [-0.4, -0.2) is 6.04 Å². The zero-order valence-corrected chi connectivity index (χ0v) is 13.0. The summed E-state index contributed by atoms with van der Waals surface area (Å²) in [5.74, 6) is 9.38. The monoisotopic (exact) mass is 266 g/mol. The minimum atomic E-state index is 0.572. The fourth-order valence-electron chi connectivity index (χ4n) is 4.81. The van der Waals surface area contributed by atoms with Gasteiger partial charge in [-0.25, -0.2) is 0 Å². The lowest BCUT2D eigenvalue weighted by Gasteiger charge is -2.40. The Labute approximate surface area is 119 Å². The molecule has 112 valence electrons. The highest BCUT2D eigenvalue weighted by Crippen LogP contribution is 2.38. The van der Waals surface area contributed by atoms with E-state index in [-0.39, 0.29) is 0 Å². The lowest BCUT2D eigenvalue weighted by Crippen LogP contribution is -2.48. The van der Waals surface area contributed by atoms with Gasteiger partial charge in [0.25, 0.3) is 0 Å². The van der Waals surface area contributed by atoms with E-state index < -0.39 is 0 Å². The molecule has 2 aliphatic carbocycles. The Morgan fingerprint density at radius 1 is 0.789 bits per heavy atom. The van der Waals surface area contributed by atoms with Gasteiger partial charge in [0.05, 0.1) is 0 Å². The summed E-state index contributed by atoms with van der Waals surface area (Å²) < 4.78 is 0. The molecule has 2 fully saturated rings. The standard InChI is InChI=1S/C17H34N2/c1-13-10-14(2)12-16(11-13)17(19-18)15-8-6-4-3-5-7-9-15/h13-17,19H,3-12,18H2,1-2H3. The van der Waals surface area contributed by atoms with Gasteiger partial charge in [-0.15, -0.1) is 0 Å². The maximum atomic E-state index is 5.97. The molecule has 0 heterocycles. The van der Waals surface area contributed by atoms with Crippen LogP contribution in [-0.2, 0) is 0 Å². The molecule has 0 amide bonds. The molecule has 0 aromatic rings. The van der Waals surface area contributed by atoms with Crippen molar-refractivity contribution in [1.29, 1.82) is 0 Å². The van der Waals surface area contributed by atoms with Crippen molar-refractivity contribution in [2.75, 3.05) is 0 Å². The minimum absolute atomic E-state index is 0.572. The summed E-state index contributed by atoms with van der Waals surface area (Å²) in [6.45, 7) is 4.85. The van der Waals surface area contributed by atoms with E-state index in [0.29, 0.717) is 6.04 Å². The van der Waals surface area contributed by atoms with Crippen molar-refractivity contribution in [2.45, 2.75) is 84.1 Å². The van der Waals surface area contributed by atoms with Crippen LogP contribution in [0.4, 0.5) is 0 Å². The summed E-state index contributed by atoms with van der Waals surface area (Å²) in [7, 11) is 0. The first-order chi connectivity index (χ1) is 9.20. The number of nitrogens with one attached hydrogen (secondary N) is 1. The molecule has 19 heavy (non-hydrogen) atoms. The molecule has 3 unspecified atom stereocenters. The summed E-state index contributed by atoms with van der Waals surface area (Å²) in [5.41, 5.74) is 3.23. The van der Waals surface area contributed by atoms with Gasteiger partial charge in [0.15, 0.2) is 0 Å². The molecule has 0 aliphatic heterocycles. The zero-order valence-electron chi connectivity index (χ0n) is 13.0. The molecule has 0 aromatic carbocycles. The van der Waals surface area contributed by atoms with Crippen molar-refractivity contribution in [1.82, 2.24) is 5.43 Å². The third-order valence-corrected chi connectivity index (χ3v) is 5.57. The Balaban J connectivity index is 1.96. The van der Waals surface area contributed by atoms with Crippen molar-refractivity contribution in [3.05, 3.63) is 0 Å². The molecule has 3 atom stereocenters. The average Bonchev–Trinajstić information content (AvgIpc) is 2.31. The molecule has 2 rings (SSSR count). The number of nitrogens with two attached hydrogens (primary N) is 1. The lowest BCUT2D eigenvalue weighted by atomic mass is 9.69. The molecule has 0 spiro atoms. The van der Waals surface area contributed by atoms with E-state index in [0.717, 1.165) is 23.7 Å². The summed E-state index contributed by atoms with van der Waals surface area (Å²) in [4.78, 5) is 0. The Kier molecular flexibility index (Phi) is 6.15. The van der Waals surface area contributed by atoms with Crippen molar-refractivity contribution in [3.63, 3.8) is 0 Å². The zero-order chi connectivity index (χ0) is 13.7. The Morgan fingerprint density at radius 3 is 1.84 bits per heavy atom. The number of hydrogen-bond donors (Lipinski definition) is 2.